The van der Waals surface area contributed by atoms with Gasteiger partial charge in [0.05, 0.1) is 0 Å². The predicted molar refractivity (Wildman–Crippen MR) is 163 cm³/mol. The molecule has 10 nitrogen and oxygen atoms in total. The van der Waals surface area contributed by atoms with Crippen LogP contribution in [0.4, 0.5) is 10.5 Å². The second kappa shape index (κ2) is 12.6. The van der Waals surface area contributed by atoms with Crippen LogP contribution in [0.3, 0.4) is 0 Å². The molecule has 0 spiro atoms. The topological polar surface area (TPSA) is 120 Å². The smallest absolute Gasteiger partial charge is 0.408 e. The second-order valence-corrected chi connectivity index (χ2v) is 11.6. The number of halogens is 1. The molecule has 0 aliphatic carbocycles. The molecule has 0 saturated heterocycles. The van der Waals surface area contributed by atoms with E-state index in [2.05, 4.69) is 20.7 Å². The molecule has 220 valence electrons. The van der Waals surface area contributed by atoms with Crippen molar-refractivity contribution < 1.29 is 14.3 Å². The molecular weight excluding hydrogens is 556 g/mol. The molecule has 42 heavy (non-hydrogen) atoms. The van der Waals surface area contributed by atoms with Crippen molar-refractivity contribution in [1.29, 1.82) is 0 Å². The Bertz CT molecular complexity index is 1640. The summed E-state index contributed by atoms with van der Waals surface area (Å²) in [5, 5.41) is 10.1. The number of alkyl carbamates (subject to hydrolysis) is 1. The third-order valence-electron chi connectivity index (χ3n) is 6.43. The van der Waals surface area contributed by atoms with Gasteiger partial charge in [0.15, 0.2) is 5.82 Å². The molecule has 1 unspecified atom stereocenters. The first-order valence-electron chi connectivity index (χ1n) is 13.6. The number of carbonyl (C=O) groups is 2. The van der Waals surface area contributed by atoms with Gasteiger partial charge < -0.3 is 19.9 Å². The first kappa shape index (κ1) is 30.5. The van der Waals surface area contributed by atoms with E-state index < -0.39 is 23.6 Å². The predicted octanol–water partition coefficient (Wildman–Crippen LogP) is 5.62. The van der Waals surface area contributed by atoms with Crippen LogP contribution < -0.4 is 16.2 Å². The van der Waals surface area contributed by atoms with E-state index in [4.69, 9.17) is 16.3 Å². The average Bonchev–Trinajstić information content (AvgIpc) is 3.34. The summed E-state index contributed by atoms with van der Waals surface area (Å²) in [6.45, 7) is 9.12. The number of aryl methyl sites for hydroxylation is 1. The zero-order valence-corrected chi connectivity index (χ0v) is 25.3. The van der Waals surface area contributed by atoms with Gasteiger partial charge in [0.2, 0.25) is 5.91 Å². The number of nitrogens with one attached hydrogen (secondary N) is 2. The monoisotopic (exact) mass is 590 g/mol. The molecule has 2 N–H and O–H groups in total. The number of aromatic nitrogens is 4. The molecule has 0 fully saturated rings. The Hall–Kier alpha value is -4.44. The number of rotatable bonds is 8. The Kier molecular flexibility index (Phi) is 9.16. The number of anilines is 1. The molecule has 0 aliphatic rings. The van der Waals surface area contributed by atoms with E-state index in [-0.39, 0.29) is 18.0 Å². The second-order valence-electron chi connectivity index (χ2n) is 11.2. The Morgan fingerprint density at radius 1 is 1.00 bits per heavy atom. The van der Waals surface area contributed by atoms with Crippen LogP contribution >= 0.6 is 11.6 Å². The first-order chi connectivity index (χ1) is 19.8. The van der Waals surface area contributed by atoms with Crippen molar-refractivity contribution in [2.75, 3.05) is 5.32 Å². The van der Waals surface area contributed by atoms with Gasteiger partial charge in [-0.25, -0.2) is 14.5 Å². The molecule has 11 heteroatoms. The molecule has 0 radical (unpaired) electrons. The minimum atomic E-state index is -1.00. The van der Waals surface area contributed by atoms with Crippen molar-refractivity contribution in [1.82, 2.24) is 24.6 Å². The lowest BCUT2D eigenvalue weighted by molar-refractivity contribution is -0.118. The number of amides is 2. The van der Waals surface area contributed by atoms with Gasteiger partial charge in [-0.15, -0.1) is 0 Å². The molecule has 2 heterocycles. The number of hydrogen-bond donors (Lipinski definition) is 2. The minimum Gasteiger partial charge on any atom is -0.444 e. The van der Waals surface area contributed by atoms with Crippen molar-refractivity contribution >= 4 is 29.3 Å². The Balaban J connectivity index is 1.60. The lowest BCUT2D eigenvalue weighted by Gasteiger charge is -2.24. The largest absolute Gasteiger partial charge is 0.444 e. The van der Waals surface area contributed by atoms with E-state index in [0.29, 0.717) is 22.1 Å². The van der Waals surface area contributed by atoms with E-state index in [1.807, 2.05) is 38.1 Å². The lowest BCUT2D eigenvalue weighted by atomic mass is 9.99. The summed E-state index contributed by atoms with van der Waals surface area (Å²) in [4.78, 5) is 42.8. The molecule has 4 rings (SSSR count). The number of nitrogens with zero attached hydrogens (tertiary/aromatic N) is 4. The van der Waals surface area contributed by atoms with Crippen LogP contribution in [0.5, 0.6) is 0 Å². The van der Waals surface area contributed by atoms with Crippen LogP contribution in [-0.4, -0.2) is 43.0 Å². The van der Waals surface area contributed by atoms with Crippen molar-refractivity contribution in [2.24, 2.45) is 7.05 Å². The van der Waals surface area contributed by atoms with E-state index in [1.54, 1.807) is 67.5 Å². The van der Waals surface area contributed by atoms with Crippen LogP contribution in [0.2, 0.25) is 5.02 Å². The van der Waals surface area contributed by atoms with E-state index in [1.165, 1.54) is 12.4 Å². The van der Waals surface area contributed by atoms with Crippen LogP contribution in [-0.2, 0) is 23.0 Å². The Morgan fingerprint density at radius 2 is 1.67 bits per heavy atom. The highest BCUT2D eigenvalue weighted by Crippen LogP contribution is 2.27. The number of ether oxygens (including phenoxy) is 1. The standard InChI is InChI=1S/C31H35ClN6O4/c1-19(2)38-17-22(10-14-27(38)39)21-9-13-25(32)23(15-21)16-26(36-30(41)42-31(3,4)5)29(40)35-24-11-7-20(8-12-24)28-33-18-34-37(28)6/h7-15,17-19,26H,16H2,1-6H3,(H,35,40)(H,36,41). The molecule has 4 aromatic rings. The van der Waals surface area contributed by atoms with E-state index in [0.717, 1.165) is 16.7 Å². The van der Waals surface area contributed by atoms with E-state index >= 15 is 0 Å². The van der Waals surface area contributed by atoms with Gasteiger partial charge in [-0.3, -0.25) is 9.59 Å². The van der Waals surface area contributed by atoms with Crippen molar-refractivity contribution in [3.8, 4) is 22.5 Å². The van der Waals surface area contributed by atoms with Gasteiger partial charge in [-0.05, 0) is 93.8 Å². The van der Waals surface area contributed by atoms with Crippen molar-refractivity contribution in [3.63, 3.8) is 0 Å². The fourth-order valence-corrected chi connectivity index (χ4v) is 4.55. The number of pyridine rings is 1. The SMILES string of the molecule is CC(C)n1cc(-c2ccc(Cl)c(CC(NC(=O)OC(C)(C)C)C(=O)Nc3ccc(-c4ncnn4C)cc3)c2)ccc1=O. The van der Waals surface area contributed by atoms with Gasteiger partial charge in [0.25, 0.3) is 5.56 Å². The maximum atomic E-state index is 13.5. The molecule has 0 bridgehead atoms. The summed E-state index contributed by atoms with van der Waals surface area (Å²) in [5.74, 6) is 0.248. The highest BCUT2D eigenvalue weighted by atomic mass is 35.5. The summed E-state index contributed by atoms with van der Waals surface area (Å²) in [6.07, 6.45) is 2.64. The third-order valence-corrected chi connectivity index (χ3v) is 6.80. The summed E-state index contributed by atoms with van der Waals surface area (Å²) in [6, 6.07) is 14.9. The highest BCUT2D eigenvalue weighted by Gasteiger charge is 2.26. The fraction of sp³-hybridized carbons (Fsp3) is 0.323. The van der Waals surface area contributed by atoms with Crippen LogP contribution in [0, 0.1) is 0 Å². The van der Waals surface area contributed by atoms with Crippen molar-refractivity contribution in [2.45, 2.75) is 58.7 Å². The number of hydrogen-bond acceptors (Lipinski definition) is 6. The number of benzene rings is 2. The molecular formula is C31H35ClN6O4. The summed E-state index contributed by atoms with van der Waals surface area (Å²) in [7, 11) is 1.80. The summed E-state index contributed by atoms with van der Waals surface area (Å²) < 4.78 is 8.74. The molecule has 2 amide bonds. The Morgan fingerprint density at radius 3 is 2.29 bits per heavy atom. The normalized spacial score (nSPS) is 12.2. The molecule has 0 saturated carbocycles. The maximum absolute atomic E-state index is 13.5. The summed E-state index contributed by atoms with van der Waals surface area (Å²) >= 11 is 6.58. The Labute approximate surface area is 249 Å². The van der Waals surface area contributed by atoms with E-state index in [9.17, 15) is 14.4 Å². The van der Waals surface area contributed by atoms with Crippen LogP contribution in [0.15, 0.2) is 71.9 Å². The molecule has 1 atom stereocenters. The van der Waals surface area contributed by atoms with Gasteiger partial charge >= 0.3 is 6.09 Å². The zero-order chi connectivity index (χ0) is 30.6. The van der Waals surface area contributed by atoms with Crippen LogP contribution in [0.25, 0.3) is 22.5 Å². The molecule has 0 aliphatic heterocycles. The first-order valence-corrected chi connectivity index (χ1v) is 13.9. The molecule has 2 aromatic carbocycles. The third kappa shape index (κ3) is 7.64. The average molecular weight is 591 g/mol. The van der Waals surface area contributed by atoms with Gasteiger partial charge in [0.1, 0.15) is 18.0 Å². The van der Waals surface area contributed by atoms with Gasteiger partial charge in [-0.1, -0.05) is 17.7 Å². The molecule has 2 aromatic heterocycles. The maximum Gasteiger partial charge on any atom is 0.408 e. The van der Waals surface area contributed by atoms with Gasteiger partial charge in [-0.2, -0.15) is 5.10 Å². The number of carbonyl (C=O) groups excluding carboxylic acids is 2. The minimum absolute atomic E-state index is 0.00946. The van der Waals surface area contributed by atoms with Crippen molar-refractivity contribution in [3.05, 3.63) is 88.1 Å². The summed E-state index contributed by atoms with van der Waals surface area (Å²) in [5.41, 5.74) is 2.82. The lowest BCUT2D eigenvalue weighted by Crippen LogP contribution is -2.47. The fourth-order valence-electron chi connectivity index (χ4n) is 4.36. The van der Waals surface area contributed by atoms with Gasteiger partial charge in [0, 0.05) is 48.0 Å². The van der Waals surface area contributed by atoms with Crippen LogP contribution in [0.1, 0.15) is 46.2 Å². The quantitative estimate of drug-likeness (QED) is 0.275. The highest BCUT2D eigenvalue weighted by molar-refractivity contribution is 6.31. The zero-order valence-electron chi connectivity index (χ0n) is 24.5.